The third-order valence-corrected chi connectivity index (χ3v) is 11.7. The average molecular weight is 433 g/mol. The molecule has 2 nitrogen and oxygen atoms in total. The molecule has 6 rings (SSSR count). The van der Waals surface area contributed by atoms with Crippen LogP contribution in [0.5, 0.6) is 0 Å². The molecule has 0 unspecified atom stereocenters. The molecular formula is C27H41ClO2. The van der Waals surface area contributed by atoms with Gasteiger partial charge in [-0.2, -0.15) is 0 Å². The van der Waals surface area contributed by atoms with E-state index < -0.39 is 0 Å². The van der Waals surface area contributed by atoms with Crippen molar-refractivity contribution in [2.45, 2.75) is 103 Å². The Morgan fingerprint density at radius 2 is 1.87 bits per heavy atom. The van der Waals surface area contributed by atoms with Crippen LogP contribution in [0.1, 0.15) is 85.5 Å². The Labute approximate surface area is 188 Å². The molecule has 5 fully saturated rings. The lowest BCUT2D eigenvalue weighted by molar-refractivity contribution is -0.272. The van der Waals surface area contributed by atoms with Crippen molar-refractivity contribution in [1.29, 1.82) is 0 Å². The summed E-state index contributed by atoms with van der Waals surface area (Å²) in [5.74, 6) is 4.11. The summed E-state index contributed by atoms with van der Waals surface area (Å²) in [6, 6.07) is 0. The molecule has 0 N–H and O–H groups in total. The number of hydrogen-bond acceptors (Lipinski definition) is 2. The highest BCUT2D eigenvalue weighted by atomic mass is 35.5. The van der Waals surface area contributed by atoms with Crippen molar-refractivity contribution >= 4 is 11.6 Å². The number of rotatable bonds is 0. The van der Waals surface area contributed by atoms with Gasteiger partial charge in [0.1, 0.15) is 0 Å². The molecule has 4 aliphatic carbocycles. The summed E-state index contributed by atoms with van der Waals surface area (Å²) in [5, 5.41) is 0.365. The van der Waals surface area contributed by atoms with E-state index in [1.165, 1.54) is 44.9 Å². The van der Waals surface area contributed by atoms with E-state index >= 15 is 0 Å². The number of allylic oxidation sites excluding steroid dienone is 2. The zero-order chi connectivity index (χ0) is 20.9. The third-order valence-electron chi connectivity index (χ3n) is 11.3. The van der Waals surface area contributed by atoms with Crippen LogP contribution < -0.4 is 0 Å². The van der Waals surface area contributed by atoms with Crippen LogP contribution in [0.15, 0.2) is 11.6 Å². The highest BCUT2D eigenvalue weighted by Gasteiger charge is 2.68. The summed E-state index contributed by atoms with van der Waals surface area (Å²) >= 11 is 6.58. The molecule has 2 saturated heterocycles. The molecule has 0 aromatic rings. The Balaban J connectivity index is 1.28. The zero-order valence-electron chi connectivity index (χ0n) is 19.5. The molecule has 6 aliphatic rings. The van der Waals surface area contributed by atoms with Crippen molar-refractivity contribution in [2.75, 3.05) is 6.61 Å². The van der Waals surface area contributed by atoms with E-state index in [2.05, 4.69) is 33.8 Å². The molecule has 0 radical (unpaired) electrons. The highest BCUT2D eigenvalue weighted by Crippen LogP contribution is 2.70. The minimum atomic E-state index is -0.281. The molecule has 11 atom stereocenters. The van der Waals surface area contributed by atoms with Crippen LogP contribution in [0, 0.1) is 46.3 Å². The standard InChI is InChI=1S/C27H41ClO2/c1-16-7-12-27(29-15-16)17(2)24-23(30-27)14-22-20-6-5-18-13-19(28)8-10-25(18,3)21(20)9-11-26(22,24)4/h5,16-17,19-24H,6-15H2,1-4H3/t16-,17+,19+,20-,21+,22+,23+,24+,25+,26+,27-/m1/s1. The van der Waals surface area contributed by atoms with Gasteiger partial charge in [0.05, 0.1) is 12.7 Å². The molecule has 1 spiro atoms. The first-order valence-corrected chi connectivity index (χ1v) is 13.4. The summed E-state index contributed by atoms with van der Waals surface area (Å²) in [4.78, 5) is 0. The predicted molar refractivity (Wildman–Crippen MR) is 121 cm³/mol. The molecule has 30 heavy (non-hydrogen) atoms. The van der Waals surface area contributed by atoms with E-state index in [0.29, 0.717) is 40.1 Å². The third kappa shape index (κ3) is 2.62. The van der Waals surface area contributed by atoms with Gasteiger partial charge in [-0.05, 0) is 91.8 Å². The van der Waals surface area contributed by atoms with Crippen molar-refractivity contribution < 1.29 is 9.47 Å². The van der Waals surface area contributed by atoms with Crippen molar-refractivity contribution in [3.63, 3.8) is 0 Å². The second-order valence-electron chi connectivity index (χ2n) is 12.6. The van der Waals surface area contributed by atoms with Gasteiger partial charge in [-0.15, -0.1) is 11.6 Å². The fraction of sp³-hybridized carbons (Fsp3) is 0.926. The van der Waals surface area contributed by atoms with Crippen LogP contribution >= 0.6 is 11.6 Å². The van der Waals surface area contributed by atoms with Gasteiger partial charge in [-0.25, -0.2) is 0 Å². The lowest BCUT2D eigenvalue weighted by Crippen LogP contribution is -2.52. The van der Waals surface area contributed by atoms with E-state index in [1.54, 1.807) is 5.57 Å². The van der Waals surface area contributed by atoms with E-state index in [4.69, 9.17) is 21.1 Å². The van der Waals surface area contributed by atoms with Crippen LogP contribution in [0.2, 0.25) is 0 Å². The van der Waals surface area contributed by atoms with E-state index in [-0.39, 0.29) is 5.79 Å². The maximum Gasteiger partial charge on any atom is 0.171 e. The van der Waals surface area contributed by atoms with Gasteiger partial charge in [0.2, 0.25) is 0 Å². The summed E-state index contributed by atoms with van der Waals surface area (Å²) in [6.07, 6.45) is 14.4. The van der Waals surface area contributed by atoms with Gasteiger partial charge >= 0.3 is 0 Å². The average Bonchev–Trinajstić information content (AvgIpc) is 3.16. The second kappa shape index (κ2) is 6.73. The minimum absolute atomic E-state index is 0.281. The lowest BCUT2D eigenvalue weighted by Gasteiger charge is -2.58. The van der Waals surface area contributed by atoms with Gasteiger partial charge in [-0.3, -0.25) is 0 Å². The van der Waals surface area contributed by atoms with Crippen molar-refractivity contribution in [3.8, 4) is 0 Å². The molecule has 0 aromatic heterocycles. The van der Waals surface area contributed by atoms with Crippen LogP contribution in [0.25, 0.3) is 0 Å². The van der Waals surface area contributed by atoms with E-state index in [0.717, 1.165) is 37.2 Å². The van der Waals surface area contributed by atoms with Crippen molar-refractivity contribution in [2.24, 2.45) is 46.3 Å². The smallest absolute Gasteiger partial charge is 0.171 e. The number of halogens is 1. The quantitative estimate of drug-likeness (QED) is 0.304. The van der Waals surface area contributed by atoms with Gasteiger partial charge < -0.3 is 9.47 Å². The van der Waals surface area contributed by atoms with Gasteiger partial charge in [0.25, 0.3) is 0 Å². The van der Waals surface area contributed by atoms with Crippen LogP contribution in [0.4, 0.5) is 0 Å². The summed E-state index contributed by atoms with van der Waals surface area (Å²) < 4.78 is 13.4. The number of alkyl halides is 1. The fourth-order valence-electron chi connectivity index (χ4n) is 9.63. The maximum absolute atomic E-state index is 6.90. The largest absolute Gasteiger partial charge is 0.349 e. The van der Waals surface area contributed by atoms with Crippen LogP contribution in [-0.4, -0.2) is 23.9 Å². The van der Waals surface area contributed by atoms with Crippen molar-refractivity contribution in [3.05, 3.63) is 11.6 Å². The first-order valence-electron chi connectivity index (χ1n) is 12.9. The Morgan fingerprint density at radius 1 is 1.03 bits per heavy atom. The monoisotopic (exact) mass is 432 g/mol. The number of hydrogen-bond donors (Lipinski definition) is 0. The highest BCUT2D eigenvalue weighted by molar-refractivity contribution is 6.20. The molecule has 2 heterocycles. The van der Waals surface area contributed by atoms with Crippen LogP contribution in [-0.2, 0) is 9.47 Å². The molecule has 0 bridgehead atoms. The molecular weight excluding hydrogens is 392 g/mol. The number of fused-ring (bicyclic) bond motifs is 7. The van der Waals surface area contributed by atoms with Gasteiger partial charge in [-0.1, -0.05) is 39.3 Å². The fourth-order valence-corrected chi connectivity index (χ4v) is 9.91. The Hall–Kier alpha value is -0.0500. The Kier molecular flexibility index (Phi) is 4.61. The Bertz CT molecular complexity index is 739. The molecule has 3 saturated carbocycles. The maximum atomic E-state index is 6.90. The van der Waals surface area contributed by atoms with Crippen LogP contribution in [0.3, 0.4) is 0 Å². The SMILES string of the molecule is C[C@@H]1CC[C@@]2(OC1)O[C@H]1C[C@H]3[C@@H]4CC=C5C[C@@H](Cl)CC[C@]5(C)[C@H]4CC[C@]3(C)[C@H]1[C@@H]2C. The first-order chi connectivity index (χ1) is 14.3. The van der Waals surface area contributed by atoms with E-state index in [9.17, 15) is 0 Å². The minimum Gasteiger partial charge on any atom is -0.349 e. The topological polar surface area (TPSA) is 18.5 Å². The molecule has 3 heteroatoms. The normalized spacial score (nSPS) is 59.8. The lowest BCUT2D eigenvalue weighted by atomic mass is 9.47. The molecule has 2 aliphatic heterocycles. The van der Waals surface area contributed by atoms with Gasteiger partial charge in [0.15, 0.2) is 5.79 Å². The molecule has 0 aromatic carbocycles. The predicted octanol–water partition coefficient (Wildman–Crippen LogP) is 6.96. The zero-order valence-corrected chi connectivity index (χ0v) is 20.2. The van der Waals surface area contributed by atoms with E-state index in [1.807, 2.05) is 0 Å². The van der Waals surface area contributed by atoms with Crippen molar-refractivity contribution in [1.82, 2.24) is 0 Å². The molecule has 0 amide bonds. The summed E-state index contributed by atoms with van der Waals surface area (Å²) in [5.41, 5.74) is 2.53. The van der Waals surface area contributed by atoms with Gasteiger partial charge in [0, 0.05) is 17.7 Å². The first kappa shape index (κ1) is 20.5. The number of ether oxygens (including phenoxy) is 2. The second-order valence-corrected chi connectivity index (χ2v) is 13.2. The summed E-state index contributed by atoms with van der Waals surface area (Å²) in [6.45, 7) is 10.9. The summed E-state index contributed by atoms with van der Waals surface area (Å²) in [7, 11) is 0. The Morgan fingerprint density at radius 3 is 2.63 bits per heavy atom. The molecule has 168 valence electrons.